The SMILES string of the molecule is COc1ccc(C(=O)N2CCN(c3cc(C)ccc3OC)C(=O)[C@@H]2C)cc1. The third-order valence-electron chi connectivity index (χ3n) is 4.88. The number of carbonyl (C=O) groups is 2. The summed E-state index contributed by atoms with van der Waals surface area (Å²) >= 11 is 0. The first kappa shape index (κ1) is 18.8. The number of piperazine rings is 1. The van der Waals surface area contributed by atoms with Crippen molar-refractivity contribution in [2.24, 2.45) is 0 Å². The van der Waals surface area contributed by atoms with E-state index in [1.54, 1.807) is 55.2 Å². The molecule has 27 heavy (non-hydrogen) atoms. The second kappa shape index (κ2) is 7.70. The van der Waals surface area contributed by atoms with Gasteiger partial charge in [0.15, 0.2) is 0 Å². The van der Waals surface area contributed by atoms with Crippen molar-refractivity contribution in [3.63, 3.8) is 0 Å². The van der Waals surface area contributed by atoms with E-state index in [2.05, 4.69) is 0 Å². The highest BCUT2D eigenvalue weighted by Gasteiger charge is 2.36. The van der Waals surface area contributed by atoms with Crippen molar-refractivity contribution in [3.8, 4) is 11.5 Å². The Bertz CT molecular complexity index is 848. The van der Waals surface area contributed by atoms with Crippen LogP contribution in [0.2, 0.25) is 0 Å². The maximum absolute atomic E-state index is 13.0. The van der Waals surface area contributed by atoms with Gasteiger partial charge in [-0.2, -0.15) is 0 Å². The Morgan fingerprint density at radius 1 is 1.04 bits per heavy atom. The molecule has 2 amide bonds. The highest BCUT2D eigenvalue weighted by molar-refractivity contribution is 6.04. The topological polar surface area (TPSA) is 59.1 Å². The fraction of sp³-hybridized carbons (Fsp3) is 0.333. The molecule has 0 saturated carbocycles. The minimum Gasteiger partial charge on any atom is -0.497 e. The van der Waals surface area contributed by atoms with E-state index < -0.39 is 6.04 Å². The molecular formula is C21H24N2O4. The Hall–Kier alpha value is -3.02. The molecule has 0 spiro atoms. The number of amides is 2. The van der Waals surface area contributed by atoms with Gasteiger partial charge in [-0.3, -0.25) is 9.59 Å². The molecule has 1 heterocycles. The number of methoxy groups -OCH3 is 2. The van der Waals surface area contributed by atoms with Crippen LogP contribution in [-0.4, -0.2) is 50.1 Å². The fourth-order valence-electron chi connectivity index (χ4n) is 3.30. The number of carbonyl (C=O) groups excluding carboxylic acids is 2. The van der Waals surface area contributed by atoms with E-state index in [9.17, 15) is 9.59 Å². The third kappa shape index (κ3) is 3.60. The second-order valence-electron chi connectivity index (χ2n) is 6.57. The van der Waals surface area contributed by atoms with Crippen LogP contribution in [0.4, 0.5) is 5.69 Å². The summed E-state index contributed by atoms with van der Waals surface area (Å²) in [7, 11) is 3.17. The number of hydrogen-bond acceptors (Lipinski definition) is 4. The van der Waals surface area contributed by atoms with E-state index in [4.69, 9.17) is 9.47 Å². The van der Waals surface area contributed by atoms with Crippen molar-refractivity contribution in [1.29, 1.82) is 0 Å². The standard InChI is InChI=1S/C21H24N2O4/c1-14-5-10-19(27-4)18(13-14)23-12-11-22(15(2)20(23)24)21(25)16-6-8-17(26-3)9-7-16/h5-10,13,15H,11-12H2,1-4H3/t15-/m0/s1. The second-order valence-corrected chi connectivity index (χ2v) is 6.57. The molecule has 2 aromatic carbocycles. The van der Waals surface area contributed by atoms with Crippen LogP contribution in [0, 0.1) is 6.92 Å². The van der Waals surface area contributed by atoms with Gasteiger partial charge in [0.25, 0.3) is 5.91 Å². The zero-order valence-electron chi connectivity index (χ0n) is 16.1. The summed E-state index contributed by atoms with van der Waals surface area (Å²) in [5.41, 5.74) is 2.32. The highest BCUT2D eigenvalue weighted by atomic mass is 16.5. The molecule has 0 aromatic heterocycles. The number of hydrogen-bond donors (Lipinski definition) is 0. The lowest BCUT2D eigenvalue weighted by Gasteiger charge is -2.39. The molecule has 142 valence electrons. The predicted octanol–water partition coefficient (Wildman–Crippen LogP) is 2.89. The van der Waals surface area contributed by atoms with E-state index in [1.807, 2.05) is 25.1 Å². The first-order valence-corrected chi connectivity index (χ1v) is 8.87. The molecule has 6 nitrogen and oxygen atoms in total. The van der Waals surface area contributed by atoms with Crippen LogP contribution < -0.4 is 14.4 Å². The summed E-state index contributed by atoms with van der Waals surface area (Å²) < 4.78 is 10.5. The van der Waals surface area contributed by atoms with Gasteiger partial charge in [-0.15, -0.1) is 0 Å². The molecule has 0 radical (unpaired) electrons. The Balaban J connectivity index is 1.82. The molecule has 1 atom stereocenters. The molecule has 3 rings (SSSR count). The quantitative estimate of drug-likeness (QED) is 0.833. The van der Waals surface area contributed by atoms with Crippen LogP contribution in [-0.2, 0) is 4.79 Å². The minimum absolute atomic E-state index is 0.119. The molecule has 0 bridgehead atoms. The normalized spacial score (nSPS) is 17.0. The Morgan fingerprint density at radius 3 is 2.37 bits per heavy atom. The molecular weight excluding hydrogens is 344 g/mol. The molecule has 1 aliphatic rings. The van der Waals surface area contributed by atoms with Crippen molar-refractivity contribution in [2.45, 2.75) is 19.9 Å². The lowest BCUT2D eigenvalue weighted by molar-refractivity contribution is -0.124. The number of ether oxygens (including phenoxy) is 2. The fourth-order valence-corrected chi connectivity index (χ4v) is 3.30. The lowest BCUT2D eigenvalue weighted by Crippen LogP contribution is -2.57. The van der Waals surface area contributed by atoms with Gasteiger partial charge in [0.2, 0.25) is 5.91 Å². The number of aryl methyl sites for hydroxylation is 1. The highest BCUT2D eigenvalue weighted by Crippen LogP contribution is 2.31. The Labute approximate surface area is 159 Å². The number of nitrogens with zero attached hydrogens (tertiary/aromatic N) is 2. The van der Waals surface area contributed by atoms with Crippen molar-refractivity contribution in [3.05, 3.63) is 53.6 Å². The molecule has 2 aromatic rings. The first-order chi connectivity index (χ1) is 13.0. The van der Waals surface area contributed by atoms with E-state index in [0.717, 1.165) is 11.3 Å². The van der Waals surface area contributed by atoms with E-state index in [-0.39, 0.29) is 11.8 Å². The summed E-state index contributed by atoms with van der Waals surface area (Å²) in [6.07, 6.45) is 0. The smallest absolute Gasteiger partial charge is 0.254 e. The number of anilines is 1. The zero-order chi connectivity index (χ0) is 19.6. The average Bonchev–Trinajstić information content (AvgIpc) is 2.69. The summed E-state index contributed by atoms with van der Waals surface area (Å²) in [5, 5.41) is 0. The first-order valence-electron chi connectivity index (χ1n) is 8.87. The van der Waals surface area contributed by atoms with E-state index in [0.29, 0.717) is 30.2 Å². The Kier molecular flexibility index (Phi) is 5.35. The summed E-state index contributed by atoms with van der Waals surface area (Å²) in [4.78, 5) is 29.2. The van der Waals surface area contributed by atoms with Crippen LogP contribution in [0.25, 0.3) is 0 Å². The van der Waals surface area contributed by atoms with Gasteiger partial charge in [-0.1, -0.05) is 6.07 Å². The molecule has 0 aliphatic carbocycles. The maximum atomic E-state index is 13.0. The minimum atomic E-state index is -0.557. The summed E-state index contributed by atoms with van der Waals surface area (Å²) in [6.45, 7) is 4.61. The predicted molar refractivity (Wildman–Crippen MR) is 104 cm³/mol. The molecule has 1 aliphatic heterocycles. The van der Waals surface area contributed by atoms with Gasteiger partial charge in [-0.25, -0.2) is 0 Å². The van der Waals surface area contributed by atoms with E-state index >= 15 is 0 Å². The van der Waals surface area contributed by atoms with Crippen LogP contribution in [0.3, 0.4) is 0 Å². The molecule has 0 unspecified atom stereocenters. The summed E-state index contributed by atoms with van der Waals surface area (Å²) in [6, 6.07) is 12.1. The van der Waals surface area contributed by atoms with Gasteiger partial charge in [0.05, 0.1) is 19.9 Å². The average molecular weight is 368 g/mol. The van der Waals surface area contributed by atoms with Crippen LogP contribution in [0.5, 0.6) is 11.5 Å². The van der Waals surface area contributed by atoms with Crippen LogP contribution in [0.1, 0.15) is 22.8 Å². The molecule has 1 saturated heterocycles. The number of benzene rings is 2. The Morgan fingerprint density at radius 2 is 1.74 bits per heavy atom. The van der Waals surface area contributed by atoms with Gasteiger partial charge in [0, 0.05) is 18.7 Å². The van der Waals surface area contributed by atoms with E-state index in [1.165, 1.54) is 0 Å². The molecule has 1 fully saturated rings. The van der Waals surface area contributed by atoms with Crippen molar-refractivity contribution in [1.82, 2.24) is 4.90 Å². The van der Waals surface area contributed by atoms with Crippen LogP contribution >= 0.6 is 0 Å². The van der Waals surface area contributed by atoms with Crippen molar-refractivity contribution in [2.75, 3.05) is 32.2 Å². The largest absolute Gasteiger partial charge is 0.497 e. The van der Waals surface area contributed by atoms with Gasteiger partial charge < -0.3 is 19.3 Å². The zero-order valence-corrected chi connectivity index (χ0v) is 16.1. The van der Waals surface area contributed by atoms with Gasteiger partial charge in [-0.05, 0) is 55.8 Å². The lowest BCUT2D eigenvalue weighted by atomic mass is 10.1. The molecule has 6 heteroatoms. The maximum Gasteiger partial charge on any atom is 0.254 e. The van der Waals surface area contributed by atoms with Gasteiger partial charge in [0.1, 0.15) is 17.5 Å². The van der Waals surface area contributed by atoms with Crippen LogP contribution in [0.15, 0.2) is 42.5 Å². The number of rotatable bonds is 4. The van der Waals surface area contributed by atoms with Crippen molar-refractivity contribution < 1.29 is 19.1 Å². The summed E-state index contributed by atoms with van der Waals surface area (Å²) in [5.74, 6) is 1.06. The van der Waals surface area contributed by atoms with Crippen molar-refractivity contribution >= 4 is 17.5 Å². The molecule has 0 N–H and O–H groups in total. The monoisotopic (exact) mass is 368 g/mol. The van der Waals surface area contributed by atoms with Gasteiger partial charge >= 0.3 is 0 Å². The third-order valence-corrected chi connectivity index (χ3v) is 4.88.